The molecular weight excluding hydrogens is 152 g/mol. The SMILES string of the molecule is CC1(CC(=O)OCCl)CC1. The van der Waals surface area contributed by atoms with Crippen LogP contribution in [-0.4, -0.2) is 12.0 Å². The van der Waals surface area contributed by atoms with Gasteiger partial charge in [-0.3, -0.25) is 4.79 Å². The van der Waals surface area contributed by atoms with Crippen LogP contribution in [0.25, 0.3) is 0 Å². The molecule has 0 radical (unpaired) electrons. The Bertz CT molecular complexity index is 141. The summed E-state index contributed by atoms with van der Waals surface area (Å²) in [5.41, 5.74) is 0.239. The van der Waals surface area contributed by atoms with Crippen LogP contribution >= 0.6 is 11.6 Å². The predicted octanol–water partition coefficient (Wildman–Crippen LogP) is 1.92. The summed E-state index contributed by atoms with van der Waals surface area (Å²) >= 11 is 5.20. The van der Waals surface area contributed by atoms with Gasteiger partial charge in [0.15, 0.2) is 6.07 Å². The zero-order valence-corrected chi connectivity index (χ0v) is 6.78. The Kier molecular flexibility index (Phi) is 2.19. The Hall–Kier alpha value is -0.240. The molecule has 0 aromatic heterocycles. The third-order valence-electron chi connectivity index (χ3n) is 1.89. The van der Waals surface area contributed by atoms with E-state index >= 15 is 0 Å². The number of hydrogen-bond donors (Lipinski definition) is 0. The van der Waals surface area contributed by atoms with Crippen LogP contribution in [0.15, 0.2) is 0 Å². The number of halogens is 1. The van der Waals surface area contributed by atoms with E-state index in [-0.39, 0.29) is 17.5 Å². The van der Waals surface area contributed by atoms with Crippen molar-refractivity contribution < 1.29 is 9.53 Å². The van der Waals surface area contributed by atoms with Crippen molar-refractivity contribution in [1.29, 1.82) is 0 Å². The van der Waals surface area contributed by atoms with Gasteiger partial charge < -0.3 is 4.74 Å². The Morgan fingerprint density at radius 2 is 2.30 bits per heavy atom. The second kappa shape index (κ2) is 2.79. The van der Waals surface area contributed by atoms with E-state index in [1.54, 1.807) is 0 Å². The Morgan fingerprint density at radius 3 is 2.70 bits per heavy atom. The lowest BCUT2D eigenvalue weighted by Crippen LogP contribution is -2.08. The third-order valence-corrected chi connectivity index (χ3v) is 2.00. The summed E-state index contributed by atoms with van der Waals surface area (Å²) in [6.07, 6.45) is 2.81. The number of esters is 1. The van der Waals surface area contributed by atoms with Gasteiger partial charge >= 0.3 is 5.97 Å². The number of alkyl halides is 1. The van der Waals surface area contributed by atoms with Crippen LogP contribution in [0.3, 0.4) is 0 Å². The van der Waals surface area contributed by atoms with Crippen molar-refractivity contribution in [2.75, 3.05) is 6.07 Å². The third kappa shape index (κ3) is 2.18. The zero-order valence-electron chi connectivity index (χ0n) is 6.02. The van der Waals surface area contributed by atoms with E-state index in [9.17, 15) is 4.79 Å². The molecule has 1 fully saturated rings. The van der Waals surface area contributed by atoms with Gasteiger partial charge in [-0.15, -0.1) is 0 Å². The summed E-state index contributed by atoms with van der Waals surface area (Å²) in [7, 11) is 0. The van der Waals surface area contributed by atoms with Gasteiger partial charge in [0.05, 0.1) is 6.42 Å². The Morgan fingerprint density at radius 1 is 1.70 bits per heavy atom. The topological polar surface area (TPSA) is 26.3 Å². The standard InChI is InChI=1S/C7H11ClO2/c1-7(2-3-7)4-6(9)10-5-8/h2-5H2,1H3. The van der Waals surface area contributed by atoms with Gasteiger partial charge in [0.1, 0.15) is 0 Å². The molecule has 0 aromatic carbocycles. The molecule has 3 heteroatoms. The van der Waals surface area contributed by atoms with E-state index in [0.29, 0.717) is 6.42 Å². The molecule has 10 heavy (non-hydrogen) atoms. The van der Waals surface area contributed by atoms with Crippen molar-refractivity contribution >= 4 is 17.6 Å². The average molecular weight is 163 g/mol. The first-order valence-corrected chi connectivity index (χ1v) is 3.91. The van der Waals surface area contributed by atoms with Crippen LogP contribution in [0.4, 0.5) is 0 Å². The fourth-order valence-corrected chi connectivity index (χ4v) is 0.972. The molecule has 0 N–H and O–H groups in total. The van der Waals surface area contributed by atoms with Gasteiger partial charge in [0, 0.05) is 0 Å². The van der Waals surface area contributed by atoms with Crippen molar-refractivity contribution in [3.05, 3.63) is 0 Å². The summed E-state index contributed by atoms with van der Waals surface area (Å²) in [5.74, 6) is -0.171. The fraction of sp³-hybridized carbons (Fsp3) is 0.857. The quantitative estimate of drug-likeness (QED) is 0.468. The lowest BCUT2D eigenvalue weighted by atomic mass is 10.1. The Labute approximate surface area is 65.5 Å². The van der Waals surface area contributed by atoms with Crippen molar-refractivity contribution in [1.82, 2.24) is 0 Å². The van der Waals surface area contributed by atoms with Crippen LogP contribution in [0.2, 0.25) is 0 Å². The minimum Gasteiger partial charge on any atom is -0.449 e. The van der Waals surface area contributed by atoms with Gasteiger partial charge in [0.2, 0.25) is 0 Å². The van der Waals surface area contributed by atoms with E-state index in [4.69, 9.17) is 11.6 Å². The van der Waals surface area contributed by atoms with Crippen LogP contribution in [-0.2, 0) is 9.53 Å². The van der Waals surface area contributed by atoms with E-state index in [2.05, 4.69) is 11.7 Å². The maximum absolute atomic E-state index is 10.8. The molecule has 0 atom stereocenters. The predicted molar refractivity (Wildman–Crippen MR) is 38.8 cm³/mol. The molecular formula is C7H11ClO2. The molecule has 0 heterocycles. The fourth-order valence-electron chi connectivity index (χ4n) is 0.851. The number of ether oxygens (including phenoxy) is 1. The summed E-state index contributed by atoms with van der Waals surface area (Å²) in [4.78, 5) is 10.8. The van der Waals surface area contributed by atoms with Crippen LogP contribution in [0.1, 0.15) is 26.2 Å². The molecule has 0 amide bonds. The number of hydrogen-bond acceptors (Lipinski definition) is 2. The molecule has 1 saturated carbocycles. The molecule has 0 saturated heterocycles. The molecule has 0 aromatic rings. The zero-order chi connectivity index (χ0) is 7.61. The monoisotopic (exact) mass is 162 g/mol. The van der Waals surface area contributed by atoms with E-state index < -0.39 is 0 Å². The summed E-state index contributed by atoms with van der Waals surface area (Å²) < 4.78 is 4.58. The second-order valence-electron chi connectivity index (χ2n) is 3.11. The minimum absolute atomic E-state index is 0.0189. The highest BCUT2D eigenvalue weighted by Gasteiger charge is 2.39. The lowest BCUT2D eigenvalue weighted by molar-refractivity contribution is -0.142. The first kappa shape index (κ1) is 7.86. The molecule has 0 aliphatic heterocycles. The minimum atomic E-state index is -0.171. The Balaban J connectivity index is 2.18. The molecule has 1 aliphatic carbocycles. The molecule has 0 bridgehead atoms. The van der Waals surface area contributed by atoms with Crippen LogP contribution in [0.5, 0.6) is 0 Å². The van der Waals surface area contributed by atoms with Gasteiger partial charge in [-0.2, -0.15) is 0 Å². The maximum Gasteiger partial charge on any atom is 0.307 e. The number of carbonyl (C=O) groups excluding carboxylic acids is 1. The second-order valence-corrected chi connectivity index (χ2v) is 3.33. The van der Waals surface area contributed by atoms with Crippen molar-refractivity contribution in [2.24, 2.45) is 5.41 Å². The highest BCUT2D eigenvalue weighted by atomic mass is 35.5. The van der Waals surface area contributed by atoms with Gasteiger partial charge in [-0.25, -0.2) is 0 Å². The summed E-state index contributed by atoms with van der Waals surface area (Å²) in [5, 5.41) is 0. The normalized spacial score (nSPS) is 20.2. The molecule has 1 rings (SSSR count). The largest absolute Gasteiger partial charge is 0.449 e. The van der Waals surface area contributed by atoms with E-state index in [1.807, 2.05) is 0 Å². The van der Waals surface area contributed by atoms with E-state index in [0.717, 1.165) is 12.8 Å². The average Bonchev–Trinajstić information content (AvgIpc) is 2.48. The molecule has 1 aliphatic rings. The molecule has 2 nitrogen and oxygen atoms in total. The number of carbonyl (C=O) groups is 1. The molecule has 58 valence electrons. The summed E-state index contributed by atoms with van der Waals surface area (Å²) in [6.45, 7) is 2.09. The smallest absolute Gasteiger partial charge is 0.307 e. The molecule has 0 unspecified atom stereocenters. The lowest BCUT2D eigenvalue weighted by Gasteiger charge is -2.04. The van der Waals surface area contributed by atoms with Crippen LogP contribution < -0.4 is 0 Å². The first-order chi connectivity index (χ1) is 4.66. The first-order valence-electron chi connectivity index (χ1n) is 3.38. The van der Waals surface area contributed by atoms with Gasteiger partial charge in [0.25, 0.3) is 0 Å². The molecule has 0 spiro atoms. The van der Waals surface area contributed by atoms with Crippen molar-refractivity contribution in [2.45, 2.75) is 26.2 Å². The maximum atomic E-state index is 10.8. The van der Waals surface area contributed by atoms with Gasteiger partial charge in [-0.05, 0) is 18.3 Å². The highest BCUT2D eigenvalue weighted by Crippen LogP contribution is 2.48. The summed E-state index contributed by atoms with van der Waals surface area (Å²) in [6, 6.07) is -0.0189. The van der Waals surface area contributed by atoms with Crippen LogP contribution in [0, 0.1) is 5.41 Å². The number of rotatable bonds is 3. The van der Waals surface area contributed by atoms with Crippen molar-refractivity contribution in [3.63, 3.8) is 0 Å². The highest BCUT2D eigenvalue weighted by molar-refractivity contribution is 6.17. The van der Waals surface area contributed by atoms with Crippen molar-refractivity contribution in [3.8, 4) is 0 Å². The van der Waals surface area contributed by atoms with E-state index in [1.165, 1.54) is 0 Å². The van der Waals surface area contributed by atoms with Gasteiger partial charge in [-0.1, -0.05) is 18.5 Å².